The summed E-state index contributed by atoms with van der Waals surface area (Å²) in [5.41, 5.74) is 2.15. The molecular formula is C9H8NO. The van der Waals surface area contributed by atoms with Crippen LogP contribution >= 0.6 is 0 Å². The van der Waals surface area contributed by atoms with Gasteiger partial charge in [-0.3, -0.25) is 0 Å². The van der Waals surface area contributed by atoms with Gasteiger partial charge in [0.1, 0.15) is 12.0 Å². The molecule has 0 aromatic heterocycles. The van der Waals surface area contributed by atoms with Crippen molar-refractivity contribution in [1.82, 2.24) is 0 Å². The van der Waals surface area contributed by atoms with Crippen LogP contribution in [0.1, 0.15) is 5.56 Å². The van der Waals surface area contributed by atoms with Crippen LogP contribution in [0.2, 0.25) is 0 Å². The molecule has 0 spiro atoms. The molecule has 1 aliphatic rings. The summed E-state index contributed by atoms with van der Waals surface area (Å²) in [5.74, 6) is 0.267. The van der Waals surface area contributed by atoms with E-state index >= 15 is 0 Å². The average Bonchev–Trinajstić information content (AvgIpc) is 2.04. The van der Waals surface area contributed by atoms with Crippen LogP contribution in [0, 0.1) is 6.20 Å². The van der Waals surface area contributed by atoms with Gasteiger partial charge in [-0.25, -0.2) is 0 Å². The molecule has 1 heterocycles. The first-order chi connectivity index (χ1) is 5.36. The summed E-state index contributed by atoms with van der Waals surface area (Å²) in [7, 11) is 0. The zero-order valence-electron chi connectivity index (χ0n) is 5.96. The number of fused-ring (bicyclic) bond motifs is 1. The molecule has 0 amide bonds. The van der Waals surface area contributed by atoms with Crippen LogP contribution in [-0.2, 0) is 6.42 Å². The highest BCUT2D eigenvalue weighted by Crippen LogP contribution is 2.21. The Bertz CT molecular complexity index is 304. The molecule has 1 aliphatic heterocycles. The monoisotopic (exact) mass is 146 g/mol. The molecule has 2 N–H and O–H groups in total. The summed E-state index contributed by atoms with van der Waals surface area (Å²) in [6, 6.07) is 7.86. The third-order valence-electron chi connectivity index (χ3n) is 1.72. The van der Waals surface area contributed by atoms with Crippen LogP contribution in [0.3, 0.4) is 0 Å². The second-order valence-corrected chi connectivity index (χ2v) is 2.53. The highest BCUT2D eigenvalue weighted by Gasteiger charge is 2.07. The molecule has 0 fully saturated rings. The molecule has 1 radical (unpaired) electrons. The Morgan fingerprint density at radius 3 is 3.09 bits per heavy atom. The number of nitrogens with one attached hydrogen (secondary N) is 1. The molecule has 0 atom stereocenters. The second kappa shape index (κ2) is 2.31. The van der Waals surface area contributed by atoms with Crippen molar-refractivity contribution in [2.45, 2.75) is 6.42 Å². The topological polar surface area (TPSA) is 32.3 Å². The molecule has 55 valence electrons. The van der Waals surface area contributed by atoms with Crippen LogP contribution in [0.5, 0.6) is 0 Å². The molecule has 0 unspecified atom stereocenters. The van der Waals surface area contributed by atoms with Crippen LogP contribution in [0.4, 0.5) is 5.69 Å². The van der Waals surface area contributed by atoms with Crippen molar-refractivity contribution in [2.75, 3.05) is 5.32 Å². The predicted molar refractivity (Wildman–Crippen MR) is 43.2 cm³/mol. The van der Waals surface area contributed by atoms with E-state index in [1.54, 1.807) is 0 Å². The fourth-order valence-electron chi connectivity index (χ4n) is 1.16. The number of hydrogen-bond donors (Lipinski definition) is 2. The quantitative estimate of drug-likeness (QED) is 0.585. The van der Waals surface area contributed by atoms with E-state index in [4.69, 9.17) is 5.11 Å². The first kappa shape index (κ1) is 6.28. The zero-order valence-corrected chi connectivity index (χ0v) is 5.96. The molecule has 0 saturated carbocycles. The molecule has 2 nitrogen and oxygen atoms in total. The van der Waals surface area contributed by atoms with E-state index in [2.05, 4.69) is 11.5 Å². The predicted octanol–water partition coefficient (Wildman–Crippen LogP) is 1.86. The summed E-state index contributed by atoms with van der Waals surface area (Å²) >= 11 is 0. The van der Waals surface area contributed by atoms with E-state index in [1.807, 2.05) is 24.3 Å². The highest BCUT2D eigenvalue weighted by atomic mass is 16.3. The summed E-state index contributed by atoms with van der Waals surface area (Å²) in [5, 5.41) is 12.0. The van der Waals surface area contributed by atoms with E-state index in [-0.39, 0.29) is 5.76 Å². The molecule has 2 heteroatoms. The van der Waals surface area contributed by atoms with Crippen molar-refractivity contribution in [2.24, 2.45) is 0 Å². The van der Waals surface area contributed by atoms with Crippen LogP contribution in [0.15, 0.2) is 30.0 Å². The first-order valence-electron chi connectivity index (χ1n) is 3.51. The molecule has 0 saturated heterocycles. The number of anilines is 1. The summed E-state index contributed by atoms with van der Waals surface area (Å²) in [4.78, 5) is 0. The highest BCUT2D eigenvalue weighted by molar-refractivity contribution is 5.55. The van der Waals surface area contributed by atoms with Gasteiger partial charge in [-0.15, -0.1) is 0 Å². The molecule has 0 aliphatic carbocycles. The van der Waals surface area contributed by atoms with E-state index in [9.17, 15) is 0 Å². The van der Waals surface area contributed by atoms with Gasteiger partial charge in [0.05, 0.1) is 0 Å². The van der Waals surface area contributed by atoms with Gasteiger partial charge in [-0.2, -0.15) is 0 Å². The summed E-state index contributed by atoms with van der Waals surface area (Å²) in [6.07, 6.45) is 3.25. The largest absolute Gasteiger partial charge is 0.510 e. The minimum Gasteiger partial charge on any atom is -0.510 e. The smallest absolute Gasteiger partial charge is 0.122 e. The van der Waals surface area contributed by atoms with E-state index in [0.717, 1.165) is 11.3 Å². The fraction of sp³-hybridized carbons (Fsp3) is 0.111. The average molecular weight is 146 g/mol. The maximum Gasteiger partial charge on any atom is 0.122 e. The molecule has 1 aromatic carbocycles. The van der Waals surface area contributed by atoms with E-state index < -0.39 is 0 Å². The third kappa shape index (κ3) is 1.07. The van der Waals surface area contributed by atoms with Gasteiger partial charge in [0.25, 0.3) is 0 Å². The zero-order chi connectivity index (χ0) is 7.68. The summed E-state index contributed by atoms with van der Waals surface area (Å²) < 4.78 is 0. The lowest BCUT2D eigenvalue weighted by atomic mass is 10.1. The molecule has 2 rings (SSSR count). The second-order valence-electron chi connectivity index (χ2n) is 2.53. The number of aliphatic hydroxyl groups excluding tert-OH is 1. The van der Waals surface area contributed by atoms with Crippen molar-refractivity contribution in [3.63, 3.8) is 0 Å². The number of aliphatic hydroxyl groups is 1. The minimum absolute atomic E-state index is 0.267. The van der Waals surface area contributed by atoms with Gasteiger partial charge in [0, 0.05) is 12.1 Å². The maximum atomic E-state index is 9.10. The Morgan fingerprint density at radius 2 is 2.18 bits per heavy atom. The van der Waals surface area contributed by atoms with E-state index in [1.165, 1.54) is 0 Å². The standard InChI is InChI=1S/C9H8NO/c11-8-5-7-3-1-2-4-9(7)10-6-8/h1-4,10-11H,5H2. The Hall–Kier alpha value is -1.44. The van der Waals surface area contributed by atoms with Crippen molar-refractivity contribution in [1.29, 1.82) is 0 Å². The van der Waals surface area contributed by atoms with E-state index in [0.29, 0.717) is 6.42 Å². The number of allylic oxidation sites excluding steroid dienone is 1. The lowest BCUT2D eigenvalue weighted by Gasteiger charge is -2.13. The van der Waals surface area contributed by atoms with Gasteiger partial charge >= 0.3 is 0 Å². The summed E-state index contributed by atoms with van der Waals surface area (Å²) in [6.45, 7) is 0. The number of benzene rings is 1. The lowest BCUT2D eigenvalue weighted by molar-refractivity contribution is 0.393. The van der Waals surface area contributed by atoms with Crippen LogP contribution in [0.25, 0.3) is 0 Å². The number of hydrogen-bond acceptors (Lipinski definition) is 2. The minimum atomic E-state index is 0.267. The van der Waals surface area contributed by atoms with Gasteiger partial charge in [0.2, 0.25) is 0 Å². The first-order valence-corrected chi connectivity index (χ1v) is 3.51. The Morgan fingerprint density at radius 1 is 1.36 bits per heavy atom. The molecular weight excluding hydrogens is 138 g/mol. The lowest BCUT2D eigenvalue weighted by Crippen LogP contribution is -2.05. The Balaban J connectivity index is 2.42. The van der Waals surface area contributed by atoms with Gasteiger partial charge in [-0.1, -0.05) is 18.2 Å². The van der Waals surface area contributed by atoms with Crippen LogP contribution in [-0.4, -0.2) is 5.11 Å². The Kier molecular flexibility index (Phi) is 1.32. The van der Waals surface area contributed by atoms with Crippen molar-refractivity contribution in [3.05, 3.63) is 41.8 Å². The fourth-order valence-corrected chi connectivity index (χ4v) is 1.16. The van der Waals surface area contributed by atoms with Crippen molar-refractivity contribution in [3.8, 4) is 0 Å². The van der Waals surface area contributed by atoms with Gasteiger partial charge in [0.15, 0.2) is 0 Å². The molecule has 0 bridgehead atoms. The SMILES string of the molecule is OC1=[C]Nc2ccccc2C1. The third-order valence-corrected chi connectivity index (χ3v) is 1.72. The number of para-hydroxylation sites is 1. The van der Waals surface area contributed by atoms with Crippen molar-refractivity contribution < 1.29 is 5.11 Å². The van der Waals surface area contributed by atoms with Crippen LogP contribution < -0.4 is 5.32 Å². The normalized spacial score (nSPS) is 14.7. The Labute approximate surface area is 65.2 Å². The van der Waals surface area contributed by atoms with Crippen molar-refractivity contribution >= 4 is 5.69 Å². The number of rotatable bonds is 0. The maximum absolute atomic E-state index is 9.10. The van der Waals surface area contributed by atoms with Gasteiger partial charge < -0.3 is 10.4 Å². The molecule has 11 heavy (non-hydrogen) atoms. The van der Waals surface area contributed by atoms with Gasteiger partial charge in [-0.05, 0) is 11.6 Å². The molecule has 1 aromatic rings.